The fourth-order valence-corrected chi connectivity index (χ4v) is 9.71. The Morgan fingerprint density at radius 1 is 0.923 bits per heavy atom. The molecule has 0 N–H and O–H groups in total. The van der Waals surface area contributed by atoms with E-state index < -0.39 is 62.9 Å². The number of esters is 2. The summed E-state index contributed by atoms with van der Waals surface area (Å²) in [6.07, 6.45) is 6.62. The summed E-state index contributed by atoms with van der Waals surface area (Å²) in [5, 5.41) is 0. The molecule has 1 amide bonds. The van der Waals surface area contributed by atoms with Crippen LogP contribution in [0.25, 0.3) is 0 Å². The van der Waals surface area contributed by atoms with Crippen LogP contribution < -0.4 is 0 Å². The third-order valence-electron chi connectivity index (χ3n) is 11.4. The van der Waals surface area contributed by atoms with Gasteiger partial charge in [-0.25, -0.2) is 8.42 Å². The number of aryl methyl sites for hydroxylation is 1. The van der Waals surface area contributed by atoms with E-state index in [4.69, 9.17) is 9.47 Å². The van der Waals surface area contributed by atoms with Gasteiger partial charge in [-0.2, -0.15) is 0 Å². The first-order chi connectivity index (χ1) is 24.3. The summed E-state index contributed by atoms with van der Waals surface area (Å²) in [4.78, 5) is 70.0. The first-order valence-corrected chi connectivity index (χ1v) is 21.0. The second-order valence-electron chi connectivity index (χ2n) is 17.1. The minimum absolute atomic E-state index is 0.0522. The largest absolute Gasteiger partial charge is 0.460 e. The average Bonchev–Trinajstić information content (AvgIpc) is 3.35. The Kier molecular flexibility index (Phi) is 13.9. The van der Waals surface area contributed by atoms with Gasteiger partial charge in [-0.05, 0) is 69.9 Å². The van der Waals surface area contributed by atoms with Gasteiger partial charge in [-0.1, -0.05) is 82.9 Å². The van der Waals surface area contributed by atoms with E-state index >= 15 is 0 Å². The van der Waals surface area contributed by atoms with Crippen LogP contribution in [0.15, 0.2) is 29.2 Å². The first kappa shape index (κ1) is 41.7. The number of carbonyl (C=O) groups excluding carboxylic acids is 5. The monoisotopic (exact) mass is 743 g/mol. The van der Waals surface area contributed by atoms with Crippen molar-refractivity contribution in [2.24, 2.45) is 29.1 Å². The molecule has 1 saturated carbocycles. The van der Waals surface area contributed by atoms with Gasteiger partial charge in [0.25, 0.3) is 0 Å². The van der Waals surface area contributed by atoms with E-state index in [9.17, 15) is 32.4 Å². The van der Waals surface area contributed by atoms with E-state index in [-0.39, 0.29) is 53.1 Å². The second-order valence-corrected chi connectivity index (χ2v) is 19.2. The fourth-order valence-electron chi connectivity index (χ4n) is 8.46. The van der Waals surface area contributed by atoms with Gasteiger partial charge in [0.05, 0.1) is 23.1 Å². The number of nitrogens with zero attached hydrogens (tertiary/aromatic N) is 1. The summed E-state index contributed by atoms with van der Waals surface area (Å²) in [6.45, 7) is 13.1. The molecule has 2 aliphatic heterocycles. The van der Waals surface area contributed by atoms with Gasteiger partial charge >= 0.3 is 11.9 Å². The number of carbonyl (C=O) groups is 5. The van der Waals surface area contributed by atoms with Gasteiger partial charge in [0.2, 0.25) is 5.91 Å². The molecule has 6 atom stereocenters. The van der Waals surface area contributed by atoms with Crippen LogP contribution in [-0.4, -0.2) is 72.8 Å². The molecule has 52 heavy (non-hydrogen) atoms. The Labute approximate surface area is 311 Å². The van der Waals surface area contributed by atoms with Crippen molar-refractivity contribution in [3.05, 3.63) is 29.8 Å². The van der Waals surface area contributed by atoms with Gasteiger partial charge in [0.1, 0.15) is 5.60 Å². The molecule has 3 fully saturated rings. The molecule has 290 valence electrons. The number of benzene rings is 1. The summed E-state index contributed by atoms with van der Waals surface area (Å²) in [5.41, 5.74) is 0.0681. The van der Waals surface area contributed by atoms with Gasteiger partial charge in [0, 0.05) is 38.1 Å². The molecule has 0 aromatic heterocycles. The van der Waals surface area contributed by atoms with Gasteiger partial charge in [-0.3, -0.25) is 24.0 Å². The molecule has 1 aliphatic carbocycles. The third kappa shape index (κ3) is 11.0. The molecule has 1 aromatic rings. The van der Waals surface area contributed by atoms with Crippen molar-refractivity contribution in [1.82, 2.24) is 4.90 Å². The van der Waals surface area contributed by atoms with E-state index in [0.29, 0.717) is 25.8 Å². The van der Waals surface area contributed by atoms with Crippen molar-refractivity contribution in [3.63, 3.8) is 0 Å². The number of sulfone groups is 1. The fraction of sp³-hybridized carbons (Fsp3) is 0.732. The van der Waals surface area contributed by atoms with Crippen molar-refractivity contribution < 1.29 is 41.9 Å². The van der Waals surface area contributed by atoms with Crippen LogP contribution in [0.1, 0.15) is 131 Å². The van der Waals surface area contributed by atoms with E-state index in [1.807, 2.05) is 6.92 Å². The SMILES string of the molecule is CC(=O)OC(C(=O)CCS(=O)(=O)c1ccc(C)cc1)[C@@H]1CCCCCCCCCC[C@H](CC(=O)OC(C)(C)C)C(=O)N2CC3[C@@H]([C@H]2C(=O)C1)C3(C)C. The second kappa shape index (κ2) is 17.4. The number of piperidine rings is 1. The number of hydrogen-bond donors (Lipinski definition) is 0. The number of hydrogen-bond acceptors (Lipinski definition) is 9. The van der Waals surface area contributed by atoms with Crippen LogP contribution in [0.2, 0.25) is 0 Å². The highest BCUT2D eigenvalue weighted by molar-refractivity contribution is 7.91. The highest BCUT2D eigenvalue weighted by Crippen LogP contribution is 2.65. The lowest BCUT2D eigenvalue weighted by Gasteiger charge is -2.34. The van der Waals surface area contributed by atoms with Gasteiger partial charge in [-0.15, -0.1) is 0 Å². The van der Waals surface area contributed by atoms with Crippen molar-refractivity contribution in [3.8, 4) is 0 Å². The molecular weight excluding hydrogens is 683 g/mol. The van der Waals surface area contributed by atoms with Crippen LogP contribution in [0, 0.1) is 36.0 Å². The summed E-state index contributed by atoms with van der Waals surface area (Å²) < 4.78 is 37.6. The van der Waals surface area contributed by atoms with Crippen molar-refractivity contribution >= 4 is 39.2 Å². The average molecular weight is 744 g/mol. The Bertz CT molecular complexity index is 1560. The zero-order valence-corrected chi connectivity index (χ0v) is 33.2. The maximum absolute atomic E-state index is 14.6. The normalized spacial score (nSPS) is 26.8. The van der Waals surface area contributed by atoms with Gasteiger partial charge < -0.3 is 14.4 Å². The zero-order chi connectivity index (χ0) is 38.4. The van der Waals surface area contributed by atoms with E-state index in [1.165, 1.54) is 19.1 Å². The van der Waals surface area contributed by atoms with Crippen LogP contribution in [0.3, 0.4) is 0 Å². The maximum atomic E-state index is 14.6. The predicted molar refractivity (Wildman–Crippen MR) is 198 cm³/mol. The molecule has 2 unspecified atom stereocenters. The summed E-state index contributed by atoms with van der Waals surface area (Å²) in [5.74, 6) is -3.69. The van der Waals surface area contributed by atoms with Crippen molar-refractivity contribution in [2.75, 3.05) is 12.3 Å². The maximum Gasteiger partial charge on any atom is 0.307 e. The number of Topliss-reactive ketones (excluding diaryl/α,β-unsaturated/α-hetero) is 2. The minimum Gasteiger partial charge on any atom is -0.460 e. The Balaban J connectivity index is 1.61. The standard InChI is InChI=1S/C41H61NO9S/c1-27-18-20-31(21-19-27)52(48,49)23-22-33(44)38(50-28(2)43)29-16-14-12-10-8-9-11-13-15-17-30(25-35(46)51-40(3,4)5)39(47)42-26-32-36(41(32,6)7)37(42)34(45)24-29/h18-21,29-30,32,36-38H,8-17,22-26H2,1-7H3/t29-,30-,32?,36+,37-,38?/m1/s1. The Hall–Kier alpha value is -3.08. The van der Waals surface area contributed by atoms with Crippen molar-refractivity contribution in [2.45, 2.75) is 155 Å². The first-order valence-electron chi connectivity index (χ1n) is 19.4. The van der Waals surface area contributed by atoms with Gasteiger partial charge in [0.15, 0.2) is 27.5 Å². The number of fused-ring (bicyclic) bond motifs is 3. The lowest BCUT2D eigenvalue weighted by Crippen LogP contribution is -2.49. The molecule has 0 bridgehead atoms. The highest BCUT2D eigenvalue weighted by Gasteiger charge is 2.69. The Morgan fingerprint density at radius 2 is 1.50 bits per heavy atom. The quantitative estimate of drug-likeness (QED) is 0.245. The van der Waals surface area contributed by atoms with Crippen LogP contribution in [0.5, 0.6) is 0 Å². The number of ketones is 2. The lowest BCUT2D eigenvalue weighted by molar-refractivity contribution is -0.159. The molecule has 0 radical (unpaired) electrons. The molecule has 11 heteroatoms. The number of amides is 1. The topological polar surface area (TPSA) is 141 Å². The van der Waals surface area contributed by atoms with E-state index in [0.717, 1.165) is 50.5 Å². The molecule has 2 saturated heterocycles. The molecule has 10 nitrogen and oxygen atoms in total. The smallest absolute Gasteiger partial charge is 0.307 e. The van der Waals surface area contributed by atoms with E-state index in [2.05, 4.69) is 13.8 Å². The molecule has 3 aliphatic rings. The summed E-state index contributed by atoms with van der Waals surface area (Å²) in [6, 6.07) is 5.71. The predicted octanol–water partition coefficient (Wildman–Crippen LogP) is 6.98. The zero-order valence-electron chi connectivity index (χ0n) is 32.4. The number of rotatable bonds is 9. The Morgan fingerprint density at radius 3 is 2.08 bits per heavy atom. The van der Waals surface area contributed by atoms with Crippen LogP contribution in [-0.2, 0) is 43.3 Å². The van der Waals surface area contributed by atoms with Crippen LogP contribution >= 0.6 is 0 Å². The lowest BCUT2D eigenvalue weighted by atomic mass is 9.84. The highest BCUT2D eigenvalue weighted by atomic mass is 32.2. The molecule has 2 heterocycles. The van der Waals surface area contributed by atoms with Crippen molar-refractivity contribution in [1.29, 1.82) is 0 Å². The molecule has 0 spiro atoms. The number of ether oxygens (including phenoxy) is 2. The molecular formula is C41H61NO9S. The third-order valence-corrected chi connectivity index (χ3v) is 13.1. The van der Waals surface area contributed by atoms with E-state index in [1.54, 1.807) is 37.8 Å². The van der Waals surface area contributed by atoms with Crippen LogP contribution in [0.4, 0.5) is 0 Å². The summed E-state index contributed by atoms with van der Waals surface area (Å²) in [7, 11) is -3.79. The minimum atomic E-state index is -3.79. The molecule has 4 rings (SSSR count). The molecule has 1 aromatic carbocycles. The summed E-state index contributed by atoms with van der Waals surface area (Å²) >= 11 is 0.